The molecule has 7 nitrogen and oxygen atoms in total. The molecule has 0 atom stereocenters. The van der Waals surface area contributed by atoms with Gasteiger partial charge in [-0.15, -0.1) is 0 Å². The Morgan fingerprint density at radius 3 is 2.71 bits per heavy atom. The molecule has 8 heteroatoms. The van der Waals surface area contributed by atoms with E-state index in [0.717, 1.165) is 19.4 Å². The third-order valence-corrected chi connectivity index (χ3v) is 3.01. The topological polar surface area (TPSA) is 107 Å². The van der Waals surface area contributed by atoms with Crippen molar-refractivity contribution in [2.75, 3.05) is 18.4 Å². The van der Waals surface area contributed by atoms with Gasteiger partial charge in [-0.3, -0.25) is 9.59 Å². The molecule has 0 saturated carbocycles. The molecule has 118 valence electrons. The second-order valence-electron chi connectivity index (χ2n) is 4.64. The van der Waals surface area contributed by atoms with Gasteiger partial charge in [0.05, 0.1) is 0 Å². The zero-order valence-corrected chi connectivity index (χ0v) is 12.8. The first kappa shape index (κ1) is 17.3. The van der Waals surface area contributed by atoms with Gasteiger partial charge >= 0.3 is 5.97 Å². The van der Waals surface area contributed by atoms with Crippen molar-refractivity contribution in [2.45, 2.75) is 39.0 Å². The van der Waals surface area contributed by atoms with Crippen LogP contribution in [0, 0.1) is 0 Å². The normalized spacial score (nSPS) is 10.4. The molecule has 0 aliphatic heterocycles. The van der Waals surface area contributed by atoms with Gasteiger partial charge in [0.1, 0.15) is 5.69 Å². The highest BCUT2D eigenvalue weighted by Gasteiger charge is 2.16. The van der Waals surface area contributed by atoms with Crippen molar-refractivity contribution in [3.63, 3.8) is 0 Å². The minimum absolute atomic E-state index is 0.107. The number of rotatable bonds is 10. The summed E-state index contributed by atoms with van der Waals surface area (Å²) in [6, 6.07) is 0. The highest BCUT2D eigenvalue weighted by Crippen LogP contribution is 2.15. The highest BCUT2D eigenvalue weighted by atomic mass is 35.5. The number of anilines is 1. The highest BCUT2D eigenvalue weighted by molar-refractivity contribution is 6.28. The first-order chi connectivity index (χ1) is 10.0. The van der Waals surface area contributed by atoms with Crippen LogP contribution < -0.4 is 10.6 Å². The zero-order chi connectivity index (χ0) is 15.7. The third kappa shape index (κ3) is 6.48. The number of hydrogen-bond acceptors (Lipinski definition) is 4. The predicted octanol–water partition coefficient (Wildman–Crippen LogP) is 2.26. The molecule has 0 aliphatic rings. The second-order valence-corrected chi connectivity index (χ2v) is 5.00. The number of nitrogens with one attached hydrogen (secondary N) is 3. The SMILES string of the molecule is CCCCNc1nc(Cl)[nH]c1C(=O)NCCCCC(=O)O. The van der Waals surface area contributed by atoms with Crippen molar-refractivity contribution in [3.05, 3.63) is 11.0 Å². The first-order valence-electron chi connectivity index (χ1n) is 7.04. The minimum atomic E-state index is -0.830. The van der Waals surface area contributed by atoms with E-state index in [-0.39, 0.29) is 17.6 Å². The van der Waals surface area contributed by atoms with E-state index < -0.39 is 5.97 Å². The van der Waals surface area contributed by atoms with E-state index in [2.05, 4.69) is 27.5 Å². The molecule has 0 saturated heterocycles. The van der Waals surface area contributed by atoms with Gasteiger partial charge in [-0.05, 0) is 30.9 Å². The van der Waals surface area contributed by atoms with Gasteiger partial charge in [0.2, 0.25) is 5.28 Å². The number of hydrogen-bond donors (Lipinski definition) is 4. The third-order valence-electron chi connectivity index (χ3n) is 2.83. The molecule has 21 heavy (non-hydrogen) atoms. The van der Waals surface area contributed by atoms with Crippen molar-refractivity contribution < 1.29 is 14.7 Å². The maximum absolute atomic E-state index is 12.0. The van der Waals surface area contributed by atoms with Crippen LogP contribution in [-0.4, -0.2) is 40.0 Å². The molecule has 0 bridgehead atoms. The van der Waals surface area contributed by atoms with Crippen molar-refractivity contribution in [2.24, 2.45) is 0 Å². The molecule has 4 N–H and O–H groups in total. The Bertz CT molecular complexity index is 476. The quantitative estimate of drug-likeness (QED) is 0.495. The Kier molecular flexibility index (Phi) is 7.60. The lowest BCUT2D eigenvalue weighted by molar-refractivity contribution is -0.137. The average Bonchev–Trinajstić information content (AvgIpc) is 2.79. The van der Waals surface area contributed by atoms with Crippen LogP contribution >= 0.6 is 11.6 Å². The Hall–Kier alpha value is -1.76. The lowest BCUT2D eigenvalue weighted by Crippen LogP contribution is -2.26. The number of H-pyrrole nitrogens is 1. The summed E-state index contributed by atoms with van der Waals surface area (Å²) in [6.07, 6.45) is 3.26. The van der Waals surface area contributed by atoms with E-state index in [0.29, 0.717) is 30.9 Å². The maximum Gasteiger partial charge on any atom is 0.303 e. The molecule has 1 amide bonds. The van der Waals surface area contributed by atoms with Gasteiger partial charge < -0.3 is 20.7 Å². The number of amides is 1. The lowest BCUT2D eigenvalue weighted by atomic mass is 10.2. The summed E-state index contributed by atoms with van der Waals surface area (Å²) in [7, 11) is 0. The summed E-state index contributed by atoms with van der Waals surface area (Å²) in [5, 5.41) is 14.5. The van der Waals surface area contributed by atoms with E-state index in [1.54, 1.807) is 0 Å². The molecular weight excluding hydrogens is 296 g/mol. The first-order valence-corrected chi connectivity index (χ1v) is 7.41. The van der Waals surface area contributed by atoms with Gasteiger partial charge in [0.15, 0.2) is 5.82 Å². The van der Waals surface area contributed by atoms with Gasteiger partial charge in [-0.2, -0.15) is 0 Å². The number of carbonyl (C=O) groups is 2. The number of imidazole rings is 1. The molecular formula is C13H21ClN4O3. The van der Waals surface area contributed by atoms with Gasteiger partial charge in [-0.25, -0.2) is 4.98 Å². The summed E-state index contributed by atoms with van der Waals surface area (Å²) in [6.45, 7) is 3.21. The van der Waals surface area contributed by atoms with Crippen LogP contribution in [0.25, 0.3) is 0 Å². The summed E-state index contributed by atoms with van der Waals surface area (Å²) in [4.78, 5) is 29.1. The van der Waals surface area contributed by atoms with Crippen molar-refractivity contribution >= 4 is 29.3 Å². The number of carbonyl (C=O) groups excluding carboxylic acids is 1. The number of carboxylic acids is 1. The fourth-order valence-corrected chi connectivity index (χ4v) is 1.89. The number of aromatic nitrogens is 2. The van der Waals surface area contributed by atoms with Gasteiger partial charge in [0, 0.05) is 19.5 Å². The number of nitrogens with zero attached hydrogens (tertiary/aromatic N) is 1. The van der Waals surface area contributed by atoms with Crippen LogP contribution in [0.4, 0.5) is 5.82 Å². The summed E-state index contributed by atoms with van der Waals surface area (Å²) in [5.41, 5.74) is 0.300. The van der Waals surface area contributed by atoms with E-state index in [1.165, 1.54) is 0 Å². The molecule has 1 aromatic rings. The molecule has 0 aromatic carbocycles. The van der Waals surface area contributed by atoms with Crippen molar-refractivity contribution in [3.8, 4) is 0 Å². The largest absolute Gasteiger partial charge is 0.481 e. The van der Waals surface area contributed by atoms with Crippen molar-refractivity contribution in [1.29, 1.82) is 0 Å². The Balaban J connectivity index is 2.43. The zero-order valence-electron chi connectivity index (χ0n) is 12.0. The van der Waals surface area contributed by atoms with Crippen LogP contribution in [0.1, 0.15) is 49.5 Å². The summed E-state index contributed by atoms with van der Waals surface area (Å²) < 4.78 is 0. The number of carboxylic acid groups (broad SMARTS) is 1. The van der Waals surface area contributed by atoms with Crippen LogP contribution in [-0.2, 0) is 4.79 Å². The number of aromatic amines is 1. The molecule has 0 spiro atoms. The van der Waals surface area contributed by atoms with Crippen LogP contribution in [0.2, 0.25) is 5.28 Å². The molecule has 0 aliphatic carbocycles. The van der Waals surface area contributed by atoms with E-state index in [4.69, 9.17) is 16.7 Å². The average molecular weight is 317 g/mol. The molecule has 0 radical (unpaired) electrons. The second kappa shape index (κ2) is 9.23. The summed E-state index contributed by atoms with van der Waals surface area (Å²) in [5.74, 6) is -0.690. The van der Waals surface area contributed by atoms with E-state index in [9.17, 15) is 9.59 Å². The standard InChI is InChI=1S/C13H21ClN4O3/c1-2-3-7-15-11-10(17-13(14)18-11)12(21)16-8-5-4-6-9(19)20/h15H,2-8H2,1H3,(H,16,21)(H,17,18)(H,19,20). The van der Waals surface area contributed by atoms with E-state index >= 15 is 0 Å². The fourth-order valence-electron chi connectivity index (χ4n) is 1.71. The summed E-state index contributed by atoms with van der Waals surface area (Å²) >= 11 is 5.79. The molecule has 0 fully saturated rings. The van der Waals surface area contributed by atoms with E-state index in [1.807, 2.05) is 0 Å². The lowest BCUT2D eigenvalue weighted by Gasteiger charge is -2.06. The Labute approximate surface area is 128 Å². The number of halogens is 1. The number of unbranched alkanes of at least 4 members (excludes halogenated alkanes) is 2. The number of aliphatic carboxylic acids is 1. The fraction of sp³-hybridized carbons (Fsp3) is 0.615. The van der Waals surface area contributed by atoms with Gasteiger partial charge in [-0.1, -0.05) is 13.3 Å². The van der Waals surface area contributed by atoms with Crippen LogP contribution in [0.3, 0.4) is 0 Å². The maximum atomic E-state index is 12.0. The monoisotopic (exact) mass is 316 g/mol. The smallest absolute Gasteiger partial charge is 0.303 e. The van der Waals surface area contributed by atoms with Crippen LogP contribution in [0.15, 0.2) is 0 Å². The molecule has 1 aromatic heterocycles. The molecule has 1 rings (SSSR count). The van der Waals surface area contributed by atoms with Gasteiger partial charge in [0.25, 0.3) is 5.91 Å². The predicted molar refractivity (Wildman–Crippen MR) is 80.8 cm³/mol. The Morgan fingerprint density at radius 1 is 1.29 bits per heavy atom. The molecule has 0 unspecified atom stereocenters. The molecule has 1 heterocycles. The Morgan fingerprint density at radius 2 is 2.05 bits per heavy atom. The minimum Gasteiger partial charge on any atom is -0.481 e. The van der Waals surface area contributed by atoms with Crippen LogP contribution in [0.5, 0.6) is 0 Å². The van der Waals surface area contributed by atoms with Crippen molar-refractivity contribution in [1.82, 2.24) is 15.3 Å².